The fraction of sp³-hybridized carbons (Fsp3) is 0.292. The number of halogens is 4. The van der Waals surface area contributed by atoms with E-state index in [0.717, 1.165) is 0 Å². The molecule has 1 atom stereocenters. The number of hydrogen-bond donors (Lipinski definition) is 0. The van der Waals surface area contributed by atoms with Crippen LogP contribution < -0.4 is 9.64 Å². The normalized spacial score (nSPS) is 16.0. The number of nitrogens with zero attached hydrogens (tertiary/aromatic N) is 7. The van der Waals surface area contributed by atoms with Gasteiger partial charge in [0, 0.05) is 11.1 Å². The Kier molecular flexibility index (Phi) is 6.13. The van der Waals surface area contributed by atoms with Gasteiger partial charge in [0.15, 0.2) is 0 Å². The maximum atomic E-state index is 14.5. The van der Waals surface area contributed by atoms with E-state index >= 15 is 0 Å². The van der Waals surface area contributed by atoms with Crippen molar-refractivity contribution in [1.82, 2.24) is 29.8 Å². The number of aryl methyl sites for hydroxylation is 1. The molecule has 3 heterocycles. The van der Waals surface area contributed by atoms with E-state index in [0.29, 0.717) is 33.4 Å². The van der Waals surface area contributed by atoms with E-state index in [4.69, 9.17) is 4.74 Å². The van der Waals surface area contributed by atoms with Gasteiger partial charge in [0.1, 0.15) is 47.7 Å². The molecule has 0 bridgehead atoms. The average molecular weight is 515 g/mol. The fourth-order valence-corrected chi connectivity index (χ4v) is 4.39. The minimum Gasteiger partial charge on any atom is -0.494 e. The van der Waals surface area contributed by atoms with Crippen molar-refractivity contribution in [3.05, 3.63) is 66.1 Å². The average Bonchev–Trinajstić information content (AvgIpc) is 3.49. The van der Waals surface area contributed by atoms with Crippen molar-refractivity contribution in [2.45, 2.75) is 32.0 Å². The molecule has 0 saturated carbocycles. The first-order chi connectivity index (χ1) is 17.6. The first-order valence-electron chi connectivity index (χ1n) is 11.3. The second-order valence-electron chi connectivity index (χ2n) is 8.54. The minimum atomic E-state index is -4.68. The molecular weight excluding hydrogens is 494 g/mol. The summed E-state index contributed by atoms with van der Waals surface area (Å²) in [4.78, 5) is 18.0. The molecule has 1 aliphatic rings. The molecule has 0 aliphatic carbocycles. The molecule has 1 aliphatic heterocycles. The summed E-state index contributed by atoms with van der Waals surface area (Å²) in [6.45, 7) is 0.216. The molecular formula is C24H21F4N7O2. The van der Waals surface area contributed by atoms with Crippen LogP contribution in [0.4, 0.5) is 23.2 Å². The summed E-state index contributed by atoms with van der Waals surface area (Å²) in [5, 5.41) is 12.4. The molecule has 0 saturated heterocycles. The molecule has 0 fully saturated rings. The molecule has 2 aromatic heterocycles. The Morgan fingerprint density at radius 2 is 1.97 bits per heavy atom. The van der Waals surface area contributed by atoms with Gasteiger partial charge in [-0.1, -0.05) is 17.3 Å². The van der Waals surface area contributed by atoms with Gasteiger partial charge in [0.05, 0.1) is 19.0 Å². The lowest BCUT2D eigenvalue weighted by atomic mass is 10.1. The van der Waals surface area contributed by atoms with Crippen molar-refractivity contribution >= 4 is 11.6 Å². The quantitative estimate of drug-likeness (QED) is 0.373. The number of anilines is 1. The third kappa shape index (κ3) is 4.76. The zero-order valence-electron chi connectivity index (χ0n) is 19.8. The van der Waals surface area contributed by atoms with Gasteiger partial charge in [-0.3, -0.25) is 4.79 Å². The number of aromatic nitrogens is 6. The van der Waals surface area contributed by atoms with Gasteiger partial charge in [0.2, 0.25) is 0 Å². The van der Waals surface area contributed by atoms with Crippen molar-refractivity contribution in [3.8, 4) is 22.7 Å². The fourth-order valence-electron chi connectivity index (χ4n) is 4.39. The molecule has 0 N–H and O–H groups in total. The third-order valence-electron chi connectivity index (χ3n) is 6.10. The van der Waals surface area contributed by atoms with Gasteiger partial charge < -0.3 is 9.64 Å². The van der Waals surface area contributed by atoms with Crippen LogP contribution >= 0.6 is 0 Å². The summed E-state index contributed by atoms with van der Waals surface area (Å²) in [5.74, 6) is -0.437. The van der Waals surface area contributed by atoms with Crippen LogP contribution in [0.5, 0.6) is 5.75 Å². The Balaban J connectivity index is 1.48. The summed E-state index contributed by atoms with van der Waals surface area (Å²) < 4.78 is 62.9. The highest BCUT2D eigenvalue weighted by Gasteiger charge is 2.40. The lowest BCUT2D eigenvalue weighted by Crippen LogP contribution is -2.42. The number of carbonyl (C=O) groups is 1. The zero-order chi connectivity index (χ0) is 26.3. The molecule has 9 nitrogen and oxygen atoms in total. The van der Waals surface area contributed by atoms with Crippen molar-refractivity contribution < 1.29 is 27.1 Å². The first-order valence-corrected chi connectivity index (χ1v) is 11.3. The molecule has 192 valence electrons. The number of carbonyl (C=O) groups excluding carboxylic acids is 1. The number of amides is 1. The summed E-state index contributed by atoms with van der Waals surface area (Å²) in [5.41, 5.74) is 1.59. The van der Waals surface area contributed by atoms with Gasteiger partial charge in [-0.05, 0) is 44.0 Å². The molecule has 1 amide bonds. The van der Waals surface area contributed by atoms with Crippen LogP contribution in [0.25, 0.3) is 16.9 Å². The monoisotopic (exact) mass is 515 g/mol. The zero-order valence-corrected chi connectivity index (χ0v) is 19.8. The van der Waals surface area contributed by atoms with E-state index in [1.54, 1.807) is 36.1 Å². The van der Waals surface area contributed by atoms with Crippen LogP contribution in [0.3, 0.4) is 0 Å². The van der Waals surface area contributed by atoms with Gasteiger partial charge in [-0.15, -0.1) is 5.10 Å². The summed E-state index contributed by atoms with van der Waals surface area (Å²) in [6.07, 6.45) is -1.54. The number of ether oxygens (including phenoxy) is 1. The van der Waals surface area contributed by atoms with Gasteiger partial charge in [0.25, 0.3) is 5.91 Å². The van der Waals surface area contributed by atoms with Crippen LogP contribution in [0.1, 0.15) is 23.9 Å². The van der Waals surface area contributed by atoms with E-state index in [1.165, 1.54) is 36.2 Å². The smallest absolute Gasteiger partial charge is 0.406 e. The van der Waals surface area contributed by atoms with Crippen LogP contribution in [0.15, 0.2) is 48.9 Å². The van der Waals surface area contributed by atoms with Crippen LogP contribution in [0, 0.1) is 12.7 Å². The largest absolute Gasteiger partial charge is 0.494 e. The Hall–Kier alpha value is -4.29. The number of fused-ring (bicyclic) bond motifs is 1. The van der Waals surface area contributed by atoms with Crippen LogP contribution in [-0.2, 0) is 11.2 Å². The molecule has 13 heteroatoms. The molecule has 4 aromatic rings. The summed E-state index contributed by atoms with van der Waals surface area (Å²) in [6, 6.07) is 7.88. The van der Waals surface area contributed by atoms with Crippen molar-refractivity contribution in [1.29, 1.82) is 0 Å². The van der Waals surface area contributed by atoms with E-state index < -0.39 is 30.5 Å². The van der Waals surface area contributed by atoms with E-state index in [9.17, 15) is 22.4 Å². The van der Waals surface area contributed by atoms with Crippen LogP contribution in [0.2, 0.25) is 0 Å². The lowest BCUT2D eigenvalue weighted by molar-refractivity contribution is -0.134. The minimum absolute atomic E-state index is 0.0534. The first kappa shape index (κ1) is 24.4. The number of alkyl halides is 3. The Bertz CT molecular complexity index is 1460. The van der Waals surface area contributed by atoms with E-state index in [2.05, 4.69) is 20.4 Å². The standard InChI is InChI=1S/C24H21F4N7O2/c1-14-29-13-35(31-14)20-8-6-15(10-22(20)37-2)18-11-34(32-30-18)21-9-7-16-17(25)4-3-5-19(16)33(23(21)36)12-24(26,27)28/h3-6,8,10-11,13,21H,7,9,12H2,1-2H3/t21-/m0/s1. The highest BCUT2D eigenvalue weighted by atomic mass is 19.4. The van der Waals surface area contributed by atoms with E-state index in [-0.39, 0.29) is 24.1 Å². The number of methoxy groups -OCH3 is 1. The number of hydrogen-bond acceptors (Lipinski definition) is 6. The molecule has 0 radical (unpaired) electrons. The summed E-state index contributed by atoms with van der Waals surface area (Å²) >= 11 is 0. The van der Waals surface area contributed by atoms with Gasteiger partial charge in [-0.2, -0.15) is 18.3 Å². The summed E-state index contributed by atoms with van der Waals surface area (Å²) in [7, 11) is 1.50. The second kappa shape index (κ2) is 9.30. The van der Waals surface area contributed by atoms with Crippen LogP contribution in [-0.4, -0.2) is 55.5 Å². The maximum Gasteiger partial charge on any atom is 0.406 e. The SMILES string of the molecule is COc1cc(-c2cn([C@H]3CCc4c(F)cccc4N(CC(F)(F)F)C3=O)nn2)ccc1-n1cnc(C)n1. The highest BCUT2D eigenvalue weighted by Crippen LogP contribution is 2.35. The predicted octanol–water partition coefficient (Wildman–Crippen LogP) is 4.06. The third-order valence-corrected chi connectivity index (χ3v) is 6.10. The topological polar surface area (TPSA) is 91.0 Å². The molecule has 37 heavy (non-hydrogen) atoms. The number of benzene rings is 2. The van der Waals surface area contributed by atoms with Crippen molar-refractivity contribution in [2.24, 2.45) is 0 Å². The second-order valence-corrected chi connectivity index (χ2v) is 8.54. The predicted molar refractivity (Wildman–Crippen MR) is 124 cm³/mol. The van der Waals surface area contributed by atoms with E-state index in [1.807, 2.05) is 0 Å². The van der Waals surface area contributed by atoms with Gasteiger partial charge >= 0.3 is 6.18 Å². The Labute approximate surface area is 208 Å². The highest BCUT2D eigenvalue weighted by molar-refractivity contribution is 5.97. The lowest BCUT2D eigenvalue weighted by Gasteiger charge is -2.26. The molecule has 0 unspecified atom stereocenters. The van der Waals surface area contributed by atoms with Crippen molar-refractivity contribution in [3.63, 3.8) is 0 Å². The Morgan fingerprint density at radius 3 is 2.68 bits per heavy atom. The maximum absolute atomic E-state index is 14.5. The Morgan fingerprint density at radius 1 is 1.16 bits per heavy atom. The van der Waals surface area contributed by atoms with Crippen molar-refractivity contribution in [2.75, 3.05) is 18.6 Å². The number of rotatable bonds is 5. The molecule has 5 rings (SSSR count). The van der Waals surface area contributed by atoms with Gasteiger partial charge in [-0.25, -0.2) is 18.7 Å². The molecule has 2 aromatic carbocycles. The molecule has 0 spiro atoms.